The molecule has 2 heterocycles. The van der Waals surface area contributed by atoms with Gasteiger partial charge in [0.2, 0.25) is 0 Å². The van der Waals surface area contributed by atoms with Crippen LogP contribution in [0.2, 0.25) is 0 Å². The van der Waals surface area contributed by atoms with E-state index >= 15 is 0 Å². The van der Waals surface area contributed by atoms with Crippen molar-refractivity contribution < 1.29 is 19.0 Å². The Balaban J connectivity index is 1.54. The van der Waals surface area contributed by atoms with Crippen LogP contribution < -0.4 is 19.8 Å². The number of aryl methyl sites for hydroxylation is 2. The number of thiophene rings is 1. The smallest absolute Gasteiger partial charge is 0.267 e. The van der Waals surface area contributed by atoms with E-state index in [0.717, 1.165) is 41.8 Å². The number of rotatable bonds is 9. The van der Waals surface area contributed by atoms with Gasteiger partial charge in [0.25, 0.3) is 5.56 Å². The molecule has 0 radical (unpaired) electrons. The van der Waals surface area contributed by atoms with Crippen LogP contribution in [-0.2, 0) is 12.8 Å². The van der Waals surface area contributed by atoms with Crippen LogP contribution in [0, 0.1) is 0 Å². The van der Waals surface area contributed by atoms with Crippen molar-refractivity contribution >= 4 is 39.1 Å². The molecule has 0 unspecified atom stereocenters. The van der Waals surface area contributed by atoms with Crippen LogP contribution >= 0.6 is 23.1 Å². The van der Waals surface area contributed by atoms with E-state index < -0.39 is 0 Å². The zero-order valence-electron chi connectivity index (χ0n) is 21.0. The van der Waals surface area contributed by atoms with E-state index in [9.17, 15) is 9.59 Å². The highest BCUT2D eigenvalue weighted by atomic mass is 32.2. The van der Waals surface area contributed by atoms with Crippen molar-refractivity contribution in [2.75, 3.05) is 26.6 Å². The molecule has 0 aliphatic heterocycles. The van der Waals surface area contributed by atoms with Gasteiger partial charge in [-0.1, -0.05) is 11.8 Å². The lowest BCUT2D eigenvalue weighted by Crippen LogP contribution is -2.22. The van der Waals surface area contributed by atoms with Gasteiger partial charge in [0, 0.05) is 10.4 Å². The number of aromatic nitrogens is 2. The Morgan fingerprint density at radius 2 is 1.81 bits per heavy atom. The van der Waals surface area contributed by atoms with Gasteiger partial charge in [-0.2, -0.15) is 0 Å². The van der Waals surface area contributed by atoms with Gasteiger partial charge >= 0.3 is 0 Å². The van der Waals surface area contributed by atoms with Gasteiger partial charge < -0.3 is 14.2 Å². The Bertz CT molecular complexity index is 1510. The van der Waals surface area contributed by atoms with E-state index in [-0.39, 0.29) is 17.1 Å². The second-order valence-electron chi connectivity index (χ2n) is 8.63. The molecule has 4 aromatic rings. The molecule has 2 aromatic heterocycles. The van der Waals surface area contributed by atoms with Crippen molar-refractivity contribution in [2.45, 2.75) is 37.8 Å². The molecule has 0 bridgehead atoms. The number of carbonyl (C=O) groups excluding carboxylic acids is 1. The van der Waals surface area contributed by atoms with Gasteiger partial charge in [-0.15, -0.1) is 11.3 Å². The number of nitrogens with zero attached hydrogens (tertiary/aromatic N) is 2. The Morgan fingerprint density at radius 1 is 1.05 bits per heavy atom. The van der Waals surface area contributed by atoms with Crippen molar-refractivity contribution in [3.05, 3.63) is 68.8 Å². The largest absolute Gasteiger partial charge is 0.494 e. The lowest BCUT2D eigenvalue weighted by molar-refractivity contribution is 0.102. The third-order valence-corrected chi connectivity index (χ3v) is 8.53. The monoisotopic (exact) mass is 536 g/mol. The van der Waals surface area contributed by atoms with E-state index in [1.165, 1.54) is 23.7 Å². The van der Waals surface area contributed by atoms with E-state index in [2.05, 4.69) is 0 Å². The highest BCUT2D eigenvalue weighted by Gasteiger charge is 2.23. The maximum atomic E-state index is 13.9. The molecule has 1 aliphatic carbocycles. The van der Waals surface area contributed by atoms with E-state index in [1.54, 1.807) is 41.2 Å². The average molecular weight is 537 g/mol. The van der Waals surface area contributed by atoms with Crippen molar-refractivity contribution in [2.24, 2.45) is 0 Å². The summed E-state index contributed by atoms with van der Waals surface area (Å²) in [6.45, 7) is 2.49. The predicted octanol–water partition coefficient (Wildman–Crippen LogP) is 5.72. The lowest BCUT2D eigenvalue weighted by atomic mass is 9.97. The van der Waals surface area contributed by atoms with Crippen molar-refractivity contribution in [3.63, 3.8) is 0 Å². The molecule has 7 nitrogen and oxygen atoms in total. The number of hydrogen-bond acceptors (Lipinski definition) is 8. The summed E-state index contributed by atoms with van der Waals surface area (Å²) >= 11 is 2.87. The van der Waals surface area contributed by atoms with Crippen LogP contribution in [0.1, 0.15) is 40.6 Å². The Morgan fingerprint density at radius 3 is 2.54 bits per heavy atom. The fourth-order valence-corrected chi connectivity index (χ4v) is 6.80. The molecule has 0 saturated heterocycles. The van der Waals surface area contributed by atoms with Gasteiger partial charge in [0.1, 0.15) is 10.6 Å². The first kappa shape index (κ1) is 25.4. The van der Waals surface area contributed by atoms with Gasteiger partial charge in [-0.05, 0) is 80.6 Å². The molecular formula is C28H28N2O5S2. The van der Waals surface area contributed by atoms with Crippen LogP contribution in [0.4, 0.5) is 0 Å². The summed E-state index contributed by atoms with van der Waals surface area (Å²) in [5.41, 5.74) is 2.25. The first-order valence-electron chi connectivity index (χ1n) is 12.2. The van der Waals surface area contributed by atoms with Crippen molar-refractivity contribution in [3.8, 4) is 22.9 Å². The molecule has 192 valence electrons. The Labute approximate surface area is 223 Å². The minimum absolute atomic E-state index is 0.0883. The third-order valence-electron chi connectivity index (χ3n) is 6.40. The summed E-state index contributed by atoms with van der Waals surface area (Å²) in [4.78, 5) is 34.0. The van der Waals surface area contributed by atoms with Crippen LogP contribution in [0.5, 0.6) is 17.2 Å². The number of carbonyl (C=O) groups is 1. The highest BCUT2D eigenvalue weighted by molar-refractivity contribution is 7.99. The molecule has 5 rings (SSSR count). The van der Waals surface area contributed by atoms with Gasteiger partial charge in [0.05, 0.1) is 37.7 Å². The number of methoxy groups -OCH3 is 2. The SMILES string of the molecule is CCOc1ccc(-n2c(SCC(=O)c3ccc(OC)c(OC)c3)nc3sc4c(c3c2=O)CCCC4)cc1. The number of benzene rings is 2. The molecule has 0 amide bonds. The summed E-state index contributed by atoms with van der Waals surface area (Å²) in [7, 11) is 3.09. The minimum Gasteiger partial charge on any atom is -0.494 e. The number of Topliss-reactive ketones (excluding diaryl/α,β-unsaturated/α-hetero) is 1. The number of hydrogen-bond donors (Lipinski definition) is 0. The van der Waals surface area contributed by atoms with Gasteiger partial charge in [-0.3, -0.25) is 14.2 Å². The molecule has 9 heteroatoms. The van der Waals surface area contributed by atoms with Crippen molar-refractivity contribution in [1.29, 1.82) is 0 Å². The topological polar surface area (TPSA) is 79.7 Å². The number of ketones is 1. The third kappa shape index (κ3) is 4.98. The van der Waals surface area contributed by atoms with Gasteiger partial charge in [-0.25, -0.2) is 4.98 Å². The summed E-state index contributed by atoms with van der Waals surface area (Å²) in [6, 6.07) is 12.5. The average Bonchev–Trinajstić information content (AvgIpc) is 3.31. The first-order chi connectivity index (χ1) is 18.0. The maximum absolute atomic E-state index is 13.9. The highest BCUT2D eigenvalue weighted by Crippen LogP contribution is 2.36. The van der Waals surface area contributed by atoms with E-state index in [0.29, 0.717) is 39.9 Å². The van der Waals surface area contributed by atoms with Crippen LogP contribution in [0.25, 0.3) is 15.9 Å². The molecule has 0 fully saturated rings. The normalized spacial score (nSPS) is 12.8. The first-order valence-corrected chi connectivity index (χ1v) is 14.0. The molecule has 0 atom stereocenters. The zero-order chi connectivity index (χ0) is 25.9. The fourth-order valence-electron chi connectivity index (χ4n) is 4.59. The summed E-state index contributed by atoms with van der Waals surface area (Å²) in [5.74, 6) is 1.82. The Hall–Kier alpha value is -3.30. The summed E-state index contributed by atoms with van der Waals surface area (Å²) in [6.07, 6.45) is 4.10. The van der Waals surface area contributed by atoms with E-state index in [4.69, 9.17) is 19.2 Å². The zero-order valence-corrected chi connectivity index (χ0v) is 22.7. The quantitative estimate of drug-likeness (QED) is 0.154. The Kier molecular flexibility index (Phi) is 7.53. The maximum Gasteiger partial charge on any atom is 0.267 e. The molecule has 37 heavy (non-hydrogen) atoms. The molecular weight excluding hydrogens is 508 g/mol. The minimum atomic E-state index is -0.0935. The molecule has 2 aromatic carbocycles. The summed E-state index contributed by atoms with van der Waals surface area (Å²) in [5, 5.41) is 1.21. The standard InChI is InChI=1S/C28H28N2O5S2/c1-4-35-19-12-10-18(11-13-19)30-27(32)25-20-7-5-6-8-24(20)37-26(25)29-28(30)36-16-21(31)17-9-14-22(33-2)23(15-17)34-3/h9-15H,4-8,16H2,1-3H3. The van der Waals surface area contributed by atoms with Crippen LogP contribution in [0.3, 0.4) is 0 Å². The van der Waals surface area contributed by atoms with Gasteiger partial charge in [0.15, 0.2) is 22.4 Å². The summed E-state index contributed by atoms with van der Waals surface area (Å²) < 4.78 is 17.8. The van der Waals surface area contributed by atoms with Crippen LogP contribution in [-0.4, -0.2) is 41.9 Å². The number of fused-ring (bicyclic) bond motifs is 3. The number of ether oxygens (including phenoxy) is 3. The molecule has 0 saturated carbocycles. The van der Waals surface area contributed by atoms with E-state index in [1.807, 2.05) is 31.2 Å². The fraction of sp³-hybridized carbons (Fsp3) is 0.321. The molecule has 0 N–H and O–H groups in total. The van der Waals surface area contributed by atoms with Crippen LogP contribution in [0.15, 0.2) is 52.4 Å². The lowest BCUT2D eigenvalue weighted by Gasteiger charge is -2.14. The molecule has 1 aliphatic rings. The second kappa shape index (κ2) is 11.0. The van der Waals surface area contributed by atoms with Crippen molar-refractivity contribution in [1.82, 2.24) is 9.55 Å². The number of thioether (sulfide) groups is 1. The predicted molar refractivity (Wildman–Crippen MR) is 148 cm³/mol. The second-order valence-corrected chi connectivity index (χ2v) is 10.7. The molecule has 0 spiro atoms.